The molecule has 1 aliphatic heterocycles. The van der Waals surface area contributed by atoms with Gasteiger partial charge in [0.15, 0.2) is 9.84 Å². The van der Waals surface area contributed by atoms with Gasteiger partial charge < -0.3 is 59.8 Å². The summed E-state index contributed by atoms with van der Waals surface area (Å²) in [5.74, 6) is 0.783. The Balaban J connectivity index is 0.000000134. The van der Waals surface area contributed by atoms with Gasteiger partial charge in [-0.15, -0.1) is 0 Å². The fraction of sp³-hybridized carbons (Fsp3) is 0.0909. The number of hydrogen-bond acceptors (Lipinski definition) is 20. The van der Waals surface area contributed by atoms with Crippen LogP contribution in [0.4, 0.5) is 17.1 Å². The van der Waals surface area contributed by atoms with Gasteiger partial charge in [-0.1, -0.05) is 176 Å². The van der Waals surface area contributed by atoms with E-state index in [9.17, 15) is 47.4 Å². The monoisotopic (exact) mass is 2000 g/mol. The van der Waals surface area contributed by atoms with Crippen LogP contribution in [0.2, 0.25) is 5.02 Å². The zero-order chi connectivity index (χ0) is 92.7. The van der Waals surface area contributed by atoms with E-state index in [1.165, 1.54) is 60.7 Å². The zero-order valence-electron chi connectivity index (χ0n) is 70.5. The highest BCUT2D eigenvalue weighted by molar-refractivity contribution is 9.11. The molecule has 17 aromatic rings. The topological polar surface area (TPSA) is 370 Å². The lowest BCUT2D eigenvalue weighted by Gasteiger charge is -2.11. The highest BCUT2D eigenvalue weighted by Crippen LogP contribution is 2.38. The molecule has 9 N–H and O–H groups in total. The van der Waals surface area contributed by atoms with E-state index in [-0.39, 0.29) is 50.8 Å². The number of furan rings is 1. The Morgan fingerprint density at radius 1 is 0.618 bits per heavy atom. The molecule has 0 aliphatic carbocycles. The van der Waals surface area contributed by atoms with Crippen LogP contribution in [0.5, 0.6) is 34.5 Å². The smallest absolute Gasteiger partial charge is 0.339 e. The lowest BCUT2D eigenvalue weighted by molar-refractivity contribution is -0.125. The number of aromatic nitrogens is 7. The summed E-state index contributed by atoms with van der Waals surface area (Å²) < 4.78 is 60.7. The minimum Gasteiger partial charge on any atom is -0.507 e. The number of amides is 2. The molecule has 0 radical (unpaired) electrons. The number of fused-ring (bicyclic) bond motifs is 2. The fourth-order valence-electron chi connectivity index (χ4n) is 13.3. The summed E-state index contributed by atoms with van der Waals surface area (Å²) in [5.41, 5.74) is 15.3. The highest BCUT2D eigenvalue weighted by atomic mass is 79.9. The van der Waals surface area contributed by atoms with Gasteiger partial charge in [0.25, 0.3) is 11.8 Å². The van der Waals surface area contributed by atoms with E-state index >= 15 is 0 Å². The number of aryl methyl sites for hydroxylation is 1. The normalized spacial score (nSPS) is 12.0. The number of methoxy groups -OCH3 is 3. The quantitative estimate of drug-likeness (QED) is 0.0302. The summed E-state index contributed by atoms with van der Waals surface area (Å²) in [4.78, 5) is 46.6. The summed E-state index contributed by atoms with van der Waals surface area (Å²) >= 11 is 16.2. The van der Waals surface area contributed by atoms with Crippen LogP contribution in [0.3, 0.4) is 0 Å². The number of nitrogens with one attached hydrogen (secondary N) is 5. The number of anilines is 3. The van der Waals surface area contributed by atoms with Crippen molar-refractivity contribution < 1.29 is 70.9 Å². The number of rotatable bonds is 21. The summed E-state index contributed by atoms with van der Waals surface area (Å²) in [7, 11) is 0.163. The van der Waals surface area contributed by atoms with Crippen molar-refractivity contribution in [3.05, 3.63) is 368 Å². The first-order chi connectivity index (χ1) is 63.3. The lowest BCUT2D eigenvalue weighted by Crippen LogP contribution is -2.28. The molecule has 5 aromatic heterocycles. The van der Waals surface area contributed by atoms with E-state index in [2.05, 4.69) is 143 Å². The molecule has 0 saturated heterocycles. The first-order valence-corrected chi connectivity index (χ1v) is 46.0. The van der Waals surface area contributed by atoms with Crippen molar-refractivity contribution in [3.63, 3.8) is 0 Å². The van der Waals surface area contributed by atoms with E-state index in [1.54, 1.807) is 99.3 Å². The Labute approximate surface area is 785 Å². The zero-order valence-corrected chi connectivity index (χ0v) is 77.7. The standard InChI is InChI=1S/C17H15N3O4S.C17H16N2O2.C17H14O5S.C16H12Br2N2O.C16H12BrClN2O3.C16H14N2/c1-25(23,24)12-8-6-11(7-9-12)18-17(22)15-10-14(19-20-15)13-4-2-3-5-16(13)21;1-20-14-7-3-12(4-8-14)16-11-18-19-17(16)13-5-9-15(21-2)10-6-13;1-21-11-7-8-14-13(9-11)16(17(18)19)15(22-14)10-23(20)12-5-3-2-4-6-12;17-12-7-11(16(21)13(18)8-12)9-20-14-5-1-3-10-4-2-6-19-15(10)14;17-9-5-6-14(21)13(7-9)19-16(22)15-8-12(20-23-15)10-3-1-2-4-11(10)18;1-13-7-9-14(10-8-13)16-11-12-17-18(16)15-5-3-2-4-6-15/h2-10,21H,1H3,(H,18,22)(H,19,20);3-11H,1-2H3,(H,18,19);2-9H,10H2,1H3,(H,18,19);1-8,20-21H,9H2;1-7,15,21H,8H2,(H,19,22);2-12H,1H3. The molecule has 131 heavy (non-hydrogen) atoms. The Bertz CT molecular complexity index is 6970. The van der Waals surface area contributed by atoms with Gasteiger partial charge in [-0.2, -0.15) is 15.3 Å². The molecule has 2 amide bonds. The Hall–Kier alpha value is -14.5. The van der Waals surface area contributed by atoms with Crippen LogP contribution in [0.15, 0.2) is 349 Å². The second-order valence-corrected chi connectivity index (χ2v) is 35.4. The van der Waals surface area contributed by atoms with Crippen molar-refractivity contribution in [2.45, 2.75) is 41.5 Å². The number of carbonyl (C=O) groups is 3. The minimum absolute atomic E-state index is 0.00262. The molecule has 0 spiro atoms. The molecule has 2 atom stereocenters. The predicted molar refractivity (Wildman–Crippen MR) is 520 cm³/mol. The molecule has 32 heteroatoms. The SMILES string of the molecule is COc1ccc(-c2cn[nH]c2-c2ccc(OC)cc2)cc1.COc1ccc2oc(CS(=O)c3ccccc3)c(C(=O)O)c2c1.CS(=O)(=O)c1ccc(NC(=O)c2cc(-c3ccccc3O)n[nH]2)cc1.Cc1ccc(-c2ccnn2-c2ccccc2)cc1.O=C(Nc1cc(Br)ccc1O)C1CC(c2ccccc2Cl)=NO1.Oc1c(Br)cc(Br)cc1CNc1cccc2cccnc12. The van der Waals surface area contributed by atoms with Gasteiger partial charge >= 0.3 is 5.97 Å². The van der Waals surface area contributed by atoms with Crippen molar-refractivity contribution in [2.75, 3.05) is 43.5 Å². The fourth-order valence-corrected chi connectivity index (χ4v) is 16.9. The van der Waals surface area contributed by atoms with E-state index in [0.717, 1.165) is 88.2 Å². The van der Waals surface area contributed by atoms with Gasteiger partial charge in [0.1, 0.15) is 57.1 Å². The van der Waals surface area contributed by atoms with E-state index in [0.29, 0.717) is 72.4 Å². The molecule has 0 saturated carbocycles. The Morgan fingerprint density at radius 2 is 1.27 bits per heavy atom. The van der Waals surface area contributed by atoms with Crippen molar-refractivity contribution >= 4 is 142 Å². The molecule has 26 nitrogen and oxygen atoms in total. The maximum atomic E-state index is 12.4. The maximum absolute atomic E-state index is 12.4. The van der Waals surface area contributed by atoms with E-state index in [1.807, 2.05) is 157 Å². The van der Waals surface area contributed by atoms with Crippen LogP contribution in [-0.2, 0) is 42.6 Å². The Morgan fingerprint density at radius 3 is 1.95 bits per heavy atom. The second kappa shape index (κ2) is 44.5. The number of phenolic OH excluding ortho intramolecular Hbond substituents is 3. The molecule has 6 heterocycles. The van der Waals surface area contributed by atoms with Gasteiger partial charge in [0.2, 0.25) is 6.10 Å². The van der Waals surface area contributed by atoms with Gasteiger partial charge in [-0.3, -0.25) is 29.0 Å². The number of pyridine rings is 1. The number of carboxylic acid groups (broad SMARTS) is 1. The number of hydrogen-bond donors (Lipinski definition) is 9. The molecule has 1 aliphatic rings. The number of ether oxygens (including phenoxy) is 3. The van der Waals surface area contributed by atoms with E-state index in [4.69, 9.17) is 35.1 Å². The number of nitrogens with zero attached hydrogens (tertiary/aromatic N) is 6. The number of carbonyl (C=O) groups excluding carboxylic acids is 2. The average molecular weight is 2010 g/mol. The van der Waals surface area contributed by atoms with Crippen molar-refractivity contribution in [1.29, 1.82) is 0 Å². The van der Waals surface area contributed by atoms with Crippen LogP contribution in [0, 0.1) is 6.92 Å². The summed E-state index contributed by atoms with van der Waals surface area (Å²) in [5, 5.41) is 72.1. The predicted octanol–water partition coefficient (Wildman–Crippen LogP) is 22.5. The molecular weight excluding hydrogens is 1920 g/mol. The third kappa shape index (κ3) is 24.7. The van der Waals surface area contributed by atoms with Crippen molar-refractivity contribution in [1.82, 2.24) is 35.2 Å². The number of H-pyrrole nitrogens is 2. The number of aromatic amines is 2. The number of benzene rings is 12. The first kappa shape index (κ1) is 94.1. The summed E-state index contributed by atoms with van der Waals surface area (Å²) in [6.45, 7) is 2.61. The molecule has 0 bridgehead atoms. The van der Waals surface area contributed by atoms with Crippen molar-refractivity contribution in [3.8, 4) is 85.1 Å². The molecule has 0 fully saturated rings. The number of halogens is 4. The van der Waals surface area contributed by atoms with Crippen molar-refractivity contribution in [2.24, 2.45) is 5.16 Å². The van der Waals surface area contributed by atoms with Crippen LogP contribution in [0.1, 0.15) is 49.7 Å². The molecule has 12 aromatic carbocycles. The van der Waals surface area contributed by atoms with Gasteiger partial charge in [0.05, 0.1) is 105 Å². The van der Waals surface area contributed by atoms with Gasteiger partial charge in [0, 0.05) is 94.1 Å². The van der Waals surface area contributed by atoms with Crippen LogP contribution in [-0.4, -0.2) is 125 Å². The molecular formula is C99H83Br3ClN11O15S2. The number of aromatic hydroxyl groups is 3. The van der Waals surface area contributed by atoms with Crippen LogP contribution in [0.25, 0.3) is 72.5 Å². The summed E-state index contributed by atoms with van der Waals surface area (Å²) in [6, 6.07) is 90.1. The minimum atomic E-state index is -3.28. The molecule has 2 unspecified atom stereocenters. The first-order valence-electron chi connectivity index (χ1n) is 40.0. The Kier molecular flexibility index (Phi) is 32.0. The maximum Gasteiger partial charge on any atom is 0.339 e. The van der Waals surface area contributed by atoms with Crippen LogP contribution < -0.4 is 30.2 Å². The van der Waals surface area contributed by atoms with Gasteiger partial charge in [-0.05, 0) is 204 Å². The second-order valence-electron chi connectivity index (χ2n) is 28.8. The molecule has 18 rings (SSSR count). The number of carboxylic acids is 1. The van der Waals surface area contributed by atoms with E-state index < -0.39 is 38.6 Å². The highest BCUT2D eigenvalue weighted by Gasteiger charge is 2.31. The number of phenols is 3. The van der Waals surface area contributed by atoms with Gasteiger partial charge in [-0.25, -0.2) is 17.9 Å². The average Bonchev–Trinajstić information content (AvgIpc) is 1.64. The van der Waals surface area contributed by atoms with Crippen LogP contribution >= 0.6 is 59.4 Å². The number of aromatic carboxylic acids is 1. The number of oxime groups is 1. The third-order valence-electron chi connectivity index (χ3n) is 20.0. The lowest BCUT2D eigenvalue weighted by atomic mass is 10.0. The number of sulfone groups is 1. The number of para-hydroxylation sites is 3. The summed E-state index contributed by atoms with van der Waals surface area (Å²) in [6.07, 6.45) is 6.11. The molecule has 664 valence electrons. The largest absolute Gasteiger partial charge is 0.507 e. The third-order valence-corrected chi connectivity index (χ3v) is 24.3.